The second-order valence-electron chi connectivity index (χ2n) is 4.42. The number of hydrogen-bond acceptors (Lipinski definition) is 4. The van der Waals surface area contributed by atoms with E-state index < -0.39 is 4.92 Å². The molecule has 0 spiro atoms. The average Bonchev–Trinajstić information content (AvgIpc) is 2.48. The van der Waals surface area contributed by atoms with Gasteiger partial charge in [-0.3, -0.25) is 10.1 Å². The molecule has 1 atom stereocenters. The predicted octanol–water partition coefficient (Wildman–Crippen LogP) is 3.78. The summed E-state index contributed by atoms with van der Waals surface area (Å²) in [6.45, 7) is 2.02. The molecule has 2 aromatic carbocycles. The summed E-state index contributed by atoms with van der Waals surface area (Å²) < 4.78 is 5.21. The number of rotatable bonds is 5. The number of nitro benzene ring substituents is 1. The molecule has 104 valence electrons. The van der Waals surface area contributed by atoms with Crippen LogP contribution in [-0.4, -0.2) is 12.0 Å². The van der Waals surface area contributed by atoms with Crippen LogP contribution in [0.25, 0.3) is 0 Å². The third-order valence-corrected chi connectivity index (χ3v) is 3.07. The first-order valence-electron chi connectivity index (χ1n) is 6.25. The van der Waals surface area contributed by atoms with E-state index >= 15 is 0 Å². The number of nitrogens with one attached hydrogen (secondary N) is 1. The summed E-state index contributed by atoms with van der Waals surface area (Å²) in [5.74, 6) is 0.460. The number of anilines is 1. The van der Waals surface area contributed by atoms with Gasteiger partial charge in [-0.2, -0.15) is 0 Å². The van der Waals surface area contributed by atoms with Gasteiger partial charge in [-0.25, -0.2) is 0 Å². The van der Waals surface area contributed by atoms with Crippen molar-refractivity contribution in [3.05, 3.63) is 64.2 Å². The Bertz CT molecular complexity index is 599. The van der Waals surface area contributed by atoms with E-state index in [4.69, 9.17) is 4.74 Å². The van der Waals surface area contributed by atoms with Gasteiger partial charge in [0.15, 0.2) is 0 Å². The lowest BCUT2D eigenvalue weighted by Crippen LogP contribution is -2.07. The molecular formula is C15H16N2O3. The summed E-state index contributed by atoms with van der Waals surface area (Å²) in [4.78, 5) is 10.3. The summed E-state index contributed by atoms with van der Waals surface area (Å²) in [6.07, 6.45) is 0. The highest BCUT2D eigenvalue weighted by Crippen LogP contribution is 2.31. The molecule has 0 saturated carbocycles. The minimum atomic E-state index is -0.438. The van der Waals surface area contributed by atoms with Crippen LogP contribution in [0, 0.1) is 10.1 Å². The van der Waals surface area contributed by atoms with Crippen LogP contribution < -0.4 is 10.1 Å². The number of nitro groups is 1. The fraction of sp³-hybridized carbons (Fsp3) is 0.200. The Morgan fingerprint density at radius 1 is 1.20 bits per heavy atom. The van der Waals surface area contributed by atoms with Gasteiger partial charge in [-0.1, -0.05) is 30.3 Å². The van der Waals surface area contributed by atoms with Gasteiger partial charge < -0.3 is 10.1 Å². The summed E-state index contributed by atoms with van der Waals surface area (Å²) in [7, 11) is 1.50. The van der Waals surface area contributed by atoms with Crippen LogP contribution >= 0.6 is 0 Å². The first kappa shape index (κ1) is 13.9. The van der Waals surface area contributed by atoms with E-state index in [1.807, 2.05) is 37.3 Å². The number of methoxy groups -OCH3 is 1. The van der Waals surface area contributed by atoms with E-state index in [2.05, 4.69) is 5.32 Å². The van der Waals surface area contributed by atoms with Gasteiger partial charge in [-0.15, -0.1) is 0 Å². The van der Waals surface area contributed by atoms with Crippen LogP contribution in [0.2, 0.25) is 0 Å². The first-order valence-corrected chi connectivity index (χ1v) is 6.25. The fourth-order valence-corrected chi connectivity index (χ4v) is 1.97. The van der Waals surface area contributed by atoms with Gasteiger partial charge in [0, 0.05) is 12.1 Å². The molecule has 2 aromatic rings. The topological polar surface area (TPSA) is 64.4 Å². The Hall–Kier alpha value is -2.56. The summed E-state index contributed by atoms with van der Waals surface area (Å²) in [5, 5.41) is 14.0. The molecule has 2 rings (SSSR count). The monoisotopic (exact) mass is 272 g/mol. The van der Waals surface area contributed by atoms with E-state index in [0.717, 1.165) is 11.3 Å². The van der Waals surface area contributed by atoms with Crippen molar-refractivity contribution in [2.24, 2.45) is 0 Å². The van der Waals surface area contributed by atoms with E-state index in [-0.39, 0.29) is 11.7 Å². The van der Waals surface area contributed by atoms with Crippen LogP contribution in [0.1, 0.15) is 18.5 Å². The maximum atomic E-state index is 10.8. The van der Waals surface area contributed by atoms with Crippen molar-refractivity contribution in [2.75, 3.05) is 12.4 Å². The van der Waals surface area contributed by atoms with Crippen LogP contribution in [0.15, 0.2) is 48.5 Å². The lowest BCUT2D eigenvalue weighted by Gasteiger charge is -2.17. The van der Waals surface area contributed by atoms with Crippen molar-refractivity contribution >= 4 is 11.4 Å². The van der Waals surface area contributed by atoms with Gasteiger partial charge in [0.1, 0.15) is 5.75 Å². The smallest absolute Gasteiger partial charge is 0.273 e. The van der Waals surface area contributed by atoms with Crippen molar-refractivity contribution in [3.8, 4) is 5.75 Å². The standard InChI is InChI=1S/C15H16N2O3/c1-11(12-6-4-3-5-7-12)16-14-9-8-13(17(18)19)10-15(14)20-2/h3-11,16H,1-2H3. The van der Waals surface area contributed by atoms with Crippen molar-refractivity contribution in [2.45, 2.75) is 13.0 Å². The minimum Gasteiger partial charge on any atom is -0.494 e. The number of ether oxygens (including phenoxy) is 1. The van der Waals surface area contributed by atoms with E-state index in [0.29, 0.717) is 5.75 Å². The van der Waals surface area contributed by atoms with Gasteiger partial charge >= 0.3 is 0 Å². The summed E-state index contributed by atoms with van der Waals surface area (Å²) in [6, 6.07) is 14.6. The molecule has 0 aliphatic heterocycles. The maximum absolute atomic E-state index is 10.8. The van der Waals surface area contributed by atoms with Crippen molar-refractivity contribution in [3.63, 3.8) is 0 Å². The van der Waals surface area contributed by atoms with Crippen LogP contribution in [0.3, 0.4) is 0 Å². The number of nitrogens with zero attached hydrogens (tertiary/aromatic N) is 1. The molecule has 0 saturated heterocycles. The van der Waals surface area contributed by atoms with Crippen LogP contribution in [-0.2, 0) is 0 Å². The normalized spacial score (nSPS) is 11.7. The lowest BCUT2D eigenvalue weighted by molar-refractivity contribution is -0.384. The minimum absolute atomic E-state index is 0.0137. The highest BCUT2D eigenvalue weighted by molar-refractivity contribution is 5.61. The molecule has 0 aliphatic carbocycles. The molecule has 1 N–H and O–H groups in total. The molecule has 5 nitrogen and oxygen atoms in total. The molecule has 0 heterocycles. The molecule has 0 fully saturated rings. The Balaban J connectivity index is 2.23. The number of benzene rings is 2. The Morgan fingerprint density at radius 3 is 2.50 bits per heavy atom. The van der Waals surface area contributed by atoms with Crippen LogP contribution in [0.4, 0.5) is 11.4 Å². The van der Waals surface area contributed by atoms with E-state index in [1.165, 1.54) is 19.2 Å². The summed E-state index contributed by atoms with van der Waals surface area (Å²) in [5.41, 5.74) is 1.88. The number of non-ortho nitro benzene ring substituents is 1. The molecule has 0 bridgehead atoms. The average molecular weight is 272 g/mol. The predicted molar refractivity (Wildman–Crippen MR) is 78.1 cm³/mol. The zero-order valence-electron chi connectivity index (χ0n) is 11.4. The first-order chi connectivity index (χ1) is 9.61. The van der Waals surface area contributed by atoms with Crippen molar-refractivity contribution in [1.29, 1.82) is 0 Å². The molecule has 0 aliphatic rings. The quantitative estimate of drug-likeness (QED) is 0.664. The second-order valence-corrected chi connectivity index (χ2v) is 4.42. The van der Waals surface area contributed by atoms with Crippen molar-refractivity contribution in [1.82, 2.24) is 0 Å². The van der Waals surface area contributed by atoms with Gasteiger partial charge in [0.05, 0.1) is 23.8 Å². The molecular weight excluding hydrogens is 256 g/mol. The second kappa shape index (κ2) is 6.06. The number of hydrogen-bond donors (Lipinski definition) is 1. The highest BCUT2D eigenvalue weighted by atomic mass is 16.6. The Labute approximate surface area is 117 Å². The highest BCUT2D eigenvalue weighted by Gasteiger charge is 2.13. The molecule has 1 unspecified atom stereocenters. The molecule has 0 amide bonds. The molecule has 0 radical (unpaired) electrons. The van der Waals surface area contributed by atoms with Crippen LogP contribution in [0.5, 0.6) is 5.75 Å². The SMILES string of the molecule is COc1cc([N+](=O)[O-])ccc1NC(C)c1ccccc1. The molecule has 5 heteroatoms. The largest absolute Gasteiger partial charge is 0.494 e. The zero-order valence-corrected chi connectivity index (χ0v) is 11.4. The van der Waals surface area contributed by atoms with Gasteiger partial charge in [0.2, 0.25) is 0 Å². The fourth-order valence-electron chi connectivity index (χ4n) is 1.97. The van der Waals surface area contributed by atoms with Gasteiger partial charge in [-0.05, 0) is 18.6 Å². The summed E-state index contributed by atoms with van der Waals surface area (Å²) >= 11 is 0. The van der Waals surface area contributed by atoms with E-state index in [1.54, 1.807) is 6.07 Å². The Morgan fingerprint density at radius 2 is 1.90 bits per heavy atom. The Kier molecular flexibility index (Phi) is 4.20. The molecule has 0 aromatic heterocycles. The maximum Gasteiger partial charge on any atom is 0.273 e. The lowest BCUT2D eigenvalue weighted by atomic mass is 10.1. The zero-order chi connectivity index (χ0) is 14.5. The van der Waals surface area contributed by atoms with Gasteiger partial charge in [0.25, 0.3) is 5.69 Å². The van der Waals surface area contributed by atoms with Crippen molar-refractivity contribution < 1.29 is 9.66 Å². The molecule has 20 heavy (non-hydrogen) atoms. The third-order valence-electron chi connectivity index (χ3n) is 3.07. The van der Waals surface area contributed by atoms with E-state index in [9.17, 15) is 10.1 Å². The third kappa shape index (κ3) is 3.06.